The summed E-state index contributed by atoms with van der Waals surface area (Å²) in [6.45, 7) is 6.73. The van der Waals surface area contributed by atoms with Gasteiger partial charge in [0.15, 0.2) is 6.61 Å². The molecule has 0 unspecified atom stereocenters. The van der Waals surface area contributed by atoms with Crippen LogP contribution in [0.5, 0.6) is 0 Å². The van der Waals surface area contributed by atoms with Crippen molar-refractivity contribution in [3.63, 3.8) is 0 Å². The van der Waals surface area contributed by atoms with Crippen LogP contribution in [0.15, 0.2) is 12.1 Å². The molecule has 1 aromatic carbocycles. The molecule has 2 radical (unpaired) electrons. The highest BCUT2D eigenvalue weighted by Crippen LogP contribution is 2.25. The Morgan fingerprint density at radius 2 is 2.16 bits per heavy atom. The molecule has 19 heavy (non-hydrogen) atoms. The van der Waals surface area contributed by atoms with E-state index in [0.717, 1.165) is 0 Å². The third-order valence-electron chi connectivity index (χ3n) is 2.12. The fourth-order valence-electron chi connectivity index (χ4n) is 1.31. The summed E-state index contributed by atoms with van der Waals surface area (Å²) in [5, 5.41) is 2.76. The van der Waals surface area contributed by atoms with Gasteiger partial charge >= 0.3 is 5.97 Å². The summed E-state index contributed by atoms with van der Waals surface area (Å²) in [6.07, 6.45) is 0. The van der Waals surface area contributed by atoms with Gasteiger partial charge in [-0.25, -0.2) is 4.39 Å². The molecular weight excluding hydrogens is 273 g/mol. The molecule has 1 N–H and O–H groups in total. The van der Waals surface area contributed by atoms with Crippen molar-refractivity contribution in [1.29, 1.82) is 0 Å². The molecule has 0 aromatic heterocycles. The Kier molecular flexibility index (Phi) is 6.59. The van der Waals surface area contributed by atoms with E-state index in [4.69, 9.17) is 21.1 Å². The summed E-state index contributed by atoms with van der Waals surface area (Å²) < 4.78 is 23.1. The highest BCUT2D eigenvalue weighted by molar-refractivity contribution is 6.31. The van der Waals surface area contributed by atoms with E-state index in [0.29, 0.717) is 24.5 Å². The second kappa shape index (κ2) is 7.96. The smallest absolute Gasteiger partial charge is 0.325 e. The first kappa shape index (κ1) is 15.7. The Hall–Kier alpha value is -1.33. The van der Waals surface area contributed by atoms with Crippen molar-refractivity contribution >= 4 is 23.3 Å². The van der Waals surface area contributed by atoms with Crippen LogP contribution < -0.4 is 5.32 Å². The molecular formula is C13H15ClFNO3. The minimum atomic E-state index is -0.578. The molecule has 0 saturated heterocycles. The maximum absolute atomic E-state index is 13.4. The number of hydrogen-bond donors (Lipinski definition) is 1. The molecule has 0 aliphatic rings. The third-order valence-corrected chi connectivity index (χ3v) is 2.41. The number of rotatable bonds is 7. The van der Waals surface area contributed by atoms with Gasteiger partial charge in [-0.1, -0.05) is 11.6 Å². The normalized spacial score (nSPS) is 10.3. The number of nitrogens with one attached hydrogen (secondary N) is 1. The van der Waals surface area contributed by atoms with Crippen LogP contribution >= 0.6 is 11.6 Å². The number of hydrogen-bond acceptors (Lipinski definition) is 4. The van der Waals surface area contributed by atoms with Crippen molar-refractivity contribution in [3.8, 4) is 0 Å². The first-order chi connectivity index (χ1) is 9.08. The molecule has 104 valence electrons. The number of esters is 1. The first-order valence-electron chi connectivity index (χ1n) is 5.84. The van der Waals surface area contributed by atoms with Crippen molar-refractivity contribution in [3.05, 3.63) is 35.1 Å². The molecule has 0 aliphatic carbocycles. The fraction of sp³-hybridized carbons (Fsp3) is 0.385. The molecule has 0 atom stereocenters. The van der Waals surface area contributed by atoms with Gasteiger partial charge in [0, 0.05) is 17.9 Å². The molecule has 0 aliphatic heterocycles. The van der Waals surface area contributed by atoms with E-state index < -0.39 is 11.8 Å². The Balaban J connectivity index is 2.78. The summed E-state index contributed by atoms with van der Waals surface area (Å²) >= 11 is 5.70. The molecule has 0 saturated carbocycles. The van der Waals surface area contributed by atoms with Gasteiger partial charge in [-0.15, -0.1) is 0 Å². The lowest BCUT2D eigenvalue weighted by molar-refractivity contribution is -0.140. The third kappa shape index (κ3) is 5.04. The summed E-state index contributed by atoms with van der Waals surface area (Å²) in [5.74, 6) is -0.990. The molecule has 4 nitrogen and oxygen atoms in total. The zero-order valence-electron chi connectivity index (χ0n) is 10.8. The van der Waals surface area contributed by atoms with Crippen molar-refractivity contribution in [2.75, 3.05) is 25.1 Å². The average Bonchev–Trinajstić information content (AvgIpc) is 2.38. The molecule has 1 rings (SSSR count). The number of carbonyl (C=O) groups excluding carboxylic acids is 1. The van der Waals surface area contributed by atoms with Gasteiger partial charge in [-0.3, -0.25) is 4.79 Å². The number of carbonyl (C=O) groups is 1. The number of ether oxygens (including phenoxy) is 2. The Labute approximate surface area is 116 Å². The fourth-order valence-corrected chi connectivity index (χ4v) is 1.47. The van der Waals surface area contributed by atoms with E-state index in [2.05, 4.69) is 11.9 Å². The first-order valence-corrected chi connectivity index (χ1v) is 6.22. The van der Waals surface area contributed by atoms with Crippen molar-refractivity contribution in [2.45, 2.75) is 13.8 Å². The van der Waals surface area contributed by atoms with Crippen molar-refractivity contribution in [2.24, 2.45) is 0 Å². The topological polar surface area (TPSA) is 47.6 Å². The lowest BCUT2D eigenvalue weighted by Crippen LogP contribution is -2.17. The minimum Gasteiger partial charge on any atom is -0.465 e. The minimum absolute atomic E-state index is 0.0450. The second-order valence-electron chi connectivity index (χ2n) is 3.51. The van der Waals surface area contributed by atoms with Crippen LogP contribution in [0.1, 0.15) is 19.4 Å². The maximum Gasteiger partial charge on any atom is 0.325 e. The standard InChI is InChI=1S/C13H15ClFNO3/c1-3-18-8-9-5-11(15)10(14)6-12(9)16-7-13(17)19-4-2/h5-6,16H,3-4,7H2,1-2H3. The zero-order chi connectivity index (χ0) is 14.3. The molecule has 0 bridgehead atoms. The Morgan fingerprint density at radius 1 is 1.42 bits per heavy atom. The highest BCUT2D eigenvalue weighted by Gasteiger charge is 2.11. The summed E-state index contributed by atoms with van der Waals surface area (Å²) in [6, 6.07) is 2.56. The van der Waals surface area contributed by atoms with Crippen LogP contribution in [0.4, 0.5) is 10.1 Å². The summed E-state index contributed by atoms with van der Waals surface area (Å²) in [5.41, 5.74) is 0.806. The molecule has 0 fully saturated rings. The van der Waals surface area contributed by atoms with E-state index in [9.17, 15) is 9.18 Å². The van der Waals surface area contributed by atoms with Gasteiger partial charge in [-0.2, -0.15) is 0 Å². The SMILES string of the molecule is CCO[C]c1cc(F)c(Cl)cc1NCC(=O)OCC. The van der Waals surface area contributed by atoms with Gasteiger partial charge in [0.25, 0.3) is 0 Å². The van der Waals surface area contributed by atoms with Gasteiger partial charge in [0.2, 0.25) is 0 Å². The van der Waals surface area contributed by atoms with Crippen LogP contribution in [0.25, 0.3) is 0 Å². The van der Waals surface area contributed by atoms with Gasteiger partial charge in [0.1, 0.15) is 12.4 Å². The Morgan fingerprint density at radius 3 is 2.79 bits per heavy atom. The number of anilines is 1. The van der Waals surface area contributed by atoms with E-state index in [1.165, 1.54) is 12.1 Å². The zero-order valence-corrected chi connectivity index (χ0v) is 11.5. The predicted octanol–water partition coefficient (Wildman–Crippen LogP) is 2.88. The van der Waals surface area contributed by atoms with Gasteiger partial charge in [0.05, 0.1) is 11.6 Å². The summed E-state index contributed by atoms with van der Waals surface area (Å²) in [4.78, 5) is 11.3. The molecule has 6 heteroatoms. The molecule has 1 aromatic rings. The predicted molar refractivity (Wildman–Crippen MR) is 70.5 cm³/mol. The average molecular weight is 288 g/mol. The molecule has 0 heterocycles. The van der Waals surface area contributed by atoms with Crippen LogP contribution in [0, 0.1) is 12.4 Å². The lowest BCUT2D eigenvalue weighted by atomic mass is 10.2. The molecule has 0 amide bonds. The van der Waals surface area contributed by atoms with Crippen molar-refractivity contribution < 1.29 is 18.7 Å². The largest absolute Gasteiger partial charge is 0.465 e. The highest BCUT2D eigenvalue weighted by atomic mass is 35.5. The molecule has 0 spiro atoms. The number of benzene rings is 1. The van der Waals surface area contributed by atoms with Gasteiger partial charge in [-0.05, 0) is 26.0 Å². The van der Waals surface area contributed by atoms with E-state index >= 15 is 0 Å². The van der Waals surface area contributed by atoms with Crippen LogP contribution in [0.3, 0.4) is 0 Å². The van der Waals surface area contributed by atoms with E-state index in [-0.39, 0.29) is 11.6 Å². The van der Waals surface area contributed by atoms with Gasteiger partial charge < -0.3 is 14.8 Å². The second-order valence-corrected chi connectivity index (χ2v) is 3.91. The van der Waals surface area contributed by atoms with Crippen LogP contribution in [0.2, 0.25) is 5.02 Å². The summed E-state index contributed by atoms with van der Waals surface area (Å²) in [7, 11) is 0. The van der Waals surface area contributed by atoms with E-state index in [1.54, 1.807) is 13.8 Å². The maximum atomic E-state index is 13.4. The van der Waals surface area contributed by atoms with E-state index in [1.807, 2.05) is 0 Å². The van der Waals surface area contributed by atoms with Crippen LogP contribution in [-0.2, 0) is 14.3 Å². The Bertz CT molecular complexity index is 440. The monoisotopic (exact) mass is 287 g/mol. The lowest BCUT2D eigenvalue weighted by Gasteiger charge is -2.12. The van der Waals surface area contributed by atoms with Crippen LogP contribution in [-0.4, -0.2) is 25.7 Å². The quantitative estimate of drug-likeness (QED) is 0.784. The number of halogens is 2. The van der Waals surface area contributed by atoms with Crippen molar-refractivity contribution in [1.82, 2.24) is 0 Å².